The van der Waals surface area contributed by atoms with Crippen molar-refractivity contribution < 1.29 is 18.3 Å². The summed E-state index contributed by atoms with van der Waals surface area (Å²) in [7, 11) is 0. The lowest BCUT2D eigenvalue weighted by atomic mass is 10.2. The molecule has 0 aliphatic carbocycles. The van der Waals surface area contributed by atoms with Crippen molar-refractivity contribution in [2.75, 3.05) is 12.3 Å². The average molecular weight is 250 g/mol. The minimum atomic E-state index is -0.693. The van der Waals surface area contributed by atoms with E-state index in [0.29, 0.717) is 0 Å². The lowest BCUT2D eigenvalue weighted by Crippen LogP contribution is -2.07. The second kappa shape index (κ2) is 4.87. The first-order chi connectivity index (χ1) is 8.63. The molecule has 1 aromatic heterocycles. The minimum Gasteiger partial charge on any atom is -0.461 e. The summed E-state index contributed by atoms with van der Waals surface area (Å²) in [6, 6.07) is 5.91. The largest absolute Gasteiger partial charge is 0.461 e. The van der Waals surface area contributed by atoms with Gasteiger partial charge in [-0.25, -0.2) is 9.18 Å². The van der Waals surface area contributed by atoms with Crippen molar-refractivity contribution in [2.24, 2.45) is 0 Å². The van der Waals surface area contributed by atoms with E-state index in [2.05, 4.69) is 4.98 Å². The number of aromatic nitrogens is 1. The Morgan fingerprint density at radius 1 is 1.50 bits per heavy atom. The van der Waals surface area contributed by atoms with E-state index in [-0.39, 0.29) is 29.6 Å². The van der Waals surface area contributed by atoms with Gasteiger partial charge in [0.15, 0.2) is 0 Å². The number of oxazole rings is 1. The number of esters is 1. The van der Waals surface area contributed by atoms with E-state index >= 15 is 0 Å². The number of ether oxygens (including phenoxy) is 1. The Hall–Kier alpha value is -2.37. The van der Waals surface area contributed by atoms with E-state index in [1.165, 1.54) is 18.2 Å². The van der Waals surface area contributed by atoms with Gasteiger partial charge in [0.05, 0.1) is 12.2 Å². The van der Waals surface area contributed by atoms with Gasteiger partial charge in [-0.1, -0.05) is 12.1 Å². The van der Waals surface area contributed by atoms with Gasteiger partial charge < -0.3 is 14.9 Å². The lowest BCUT2D eigenvalue weighted by Gasteiger charge is -1.96. The number of rotatable bonds is 3. The Morgan fingerprint density at radius 2 is 2.22 bits per heavy atom. The van der Waals surface area contributed by atoms with Crippen molar-refractivity contribution in [3.8, 4) is 11.5 Å². The number of nitrogen functional groups attached to an aromatic ring is 1. The second-order valence-corrected chi connectivity index (χ2v) is 3.43. The predicted octanol–water partition coefficient (Wildman–Crippen LogP) is 2.24. The normalized spacial score (nSPS) is 10.3. The van der Waals surface area contributed by atoms with Crippen LogP contribution in [0.15, 0.2) is 28.7 Å². The van der Waals surface area contributed by atoms with Crippen LogP contribution >= 0.6 is 0 Å². The van der Waals surface area contributed by atoms with Crippen molar-refractivity contribution in [1.82, 2.24) is 4.98 Å². The first kappa shape index (κ1) is 12.1. The van der Waals surface area contributed by atoms with Crippen LogP contribution in [0.4, 0.5) is 10.3 Å². The Labute approximate surface area is 102 Å². The first-order valence-electron chi connectivity index (χ1n) is 5.31. The van der Waals surface area contributed by atoms with Crippen LogP contribution in [-0.4, -0.2) is 17.6 Å². The van der Waals surface area contributed by atoms with Crippen molar-refractivity contribution in [1.29, 1.82) is 0 Å². The standard InChI is InChI=1S/C12H11FN2O3/c1-2-17-12(16)9-10(14)18-11(15-9)7-5-3-4-6-8(7)13/h3-6H,2,14H2,1H3. The number of benzene rings is 1. The maximum absolute atomic E-state index is 13.5. The highest BCUT2D eigenvalue weighted by molar-refractivity contribution is 5.92. The molecule has 0 aliphatic rings. The zero-order valence-electron chi connectivity index (χ0n) is 9.64. The molecule has 0 bridgehead atoms. The van der Waals surface area contributed by atoms with Gasteiger partial charge in [0, 0.05) is 0 Å². The molecule has 0 fully saturated rings. The molecular weight excluding hydrogens is 239 g/mol. The topological polar surface area (TPSA) is 78.3 Å². The van der Waals surface area contributed by atoms with Crippen molar-refractivity contribution in [3.05, 3.63) is 35.8 Å². The molecule has 0 radical (unpaired) electrons. The molecule has 1 heterocycles. The molecule has 0 unspecified atom stereocenters. The lowest BCUT2D eigenvalue weighted by molar-refractivity contribution is 0.0521. The molecule has 0 saturated heterocycles. The Balaban J connectivity index is 2.41. The van der Waals surface area contributed by atoms with Crippen molar-refractivity contribution in [2.45, 2.75) is 6.92 Å². The number of hydrogen-bond donors (Lipinski definition) is 1. The van der Waals surface area contributed by atoms with Gasteiger partial charge in [0.1, 0.15) is 5.82 Å². The van der Waals surface area contributed by atoms with Crippen LogP contribution in [-0.2, 0) is 4.74 Å². The fourth-order valence-electron chi connectivity index (χ4n) is 1.43. The molecule has 0 atom stereocenters. The number of nitrogens with zero attached hydrogens (tertiary/aromatic N) is 1. The van der Waals surface area contributed by atoms with Crippen LogP contribution in [0.1, 0.15) is 17.4 Å². The molecule has 6 heteroatoms. The summed E-state index contributed by atoms with van der Waals surface area (Å²) in [6.07, 6.45) is 0. The molecule has 94 valence electrons. The molecule has 0 spiro atoms. The van der Waals surface area contributed by atoms with Crippen LogP contribution in [0, 0.1) is 5.82 Å². The molecule has 2 rings (SSSR count). The number of nitrogens with two attached hydrogens (primary N) is 1. The first-order valence-corrected chi connectivity index (χ1v) is 5.31. The van der Waals surface area contributed by atoms with Crippen LogP contribution in [0.5, 0.6) is 0 Å². The molecular formula is C12H11FN2O3. The second-order valence-electron chi connectivity index (χ2n) is 3.43. The summed E-state index contributed by atoms with van der Waals surface area (Å²) in [5, 5.41) is 0. The van der Waals surface area contributed by atoms with Gasteiger partial charge in [0.2, 0.25) is 17.5 Å². The van der Waals surface area contributed by atoms with E-state index in [9.17, 15) is 9.18 Å². The molecule has 0 aliphatic heterocycles. The van der Waals surface area contributed by atoms with Crippen LogP contribution in [0.25, 0.3) is 11.5 Å². The number of hydrogen-bond acceptors (Lipinski definition) is 5. The molecule has 0 amide bonds. The van der Waals surface area contributed by atoms with Gasteiger partial charge in [-0.2, -0.15) is 4.98 Å². The third-order valence-corrected chi connectivity index (χ3v) is 2.23. The molecule has 5 nitrogen and oxygen atoms in total. The zero-order chi connectivity index (χ0) is 13.1. The molecule has 2 aromatic rings. The molecule has 18 heavy (non-hydrogen) atoms. The minimum absolute atomic E-state index is 0.0475. The maximum Gasteiger partial charge on any atom is 0.362 e. The summed E-state index contributed by atoms with van der Waals surface area (Å²) < 4.78 is 23.3. The molecule has 0 saturated carbocycles. The predicted molar refractivity (Wildman–Crippen MR) is 62.3 cm³/mol. The average Bonchev–Trinajstić information content (AvgIpc) is 2.72. The molecule has 2 N–H and O–H groups in total. The Kier molecular flexibility index (Phi) is 3.27. The van der Waals surface area contributed by atoms with Gasteiger partial charge in [-0.15, -0.1) is 0 Å². The quantitative estimate of drug-likeness (QED) is 0.845. The summed E-state index contributed by atoms with van der Waals surface area (Å²) in [5.74, 6) is -1.43. The van der Waals surface area contributed by atoms with E-state index in [4.69, 9.17) is 14.9 Å². The highest BCUT2D eigenvalue weighted by atomic mass is 19.1. The SMILES string of the molecule is CCOC(=O)c1nc(-c2ccccc2F)oc1N. The fraction of sp³-hybridized carbons (Fsp3) is 0.167. The highest BCUT2D eigenvalue weighted by Crippen LogP contribution is 2.26. The summed E-state index contributed by atoms with van der Waals surface area (Å²) in [6.45, 7) is 1.85. The maximum atomic E-state index is 13.5. The zero-order valence-corrected chi connectivity index (χ0v) is 9.64. The molecule has 1 aromatic carbocycles. The van der Waals surface area contributed by atoms with Crippen LogP contribution in [0.3, 0.4) is 0 Å². The highest BCUT2D eigenvalue weighted by Gasteiger charge is 2.21. The monoisotopic (exact) mass is 250 g/mol. The van der Waals surface area contributed by atoms with Crippen molar-refractivity contribution >= 4 is 11.9 Å². The van der Waals surface area contributed by atoms with Crippen LogP contribution in [0.2, 0.25) is 0 Å². The number of halogens is 1. The van der Waals surface area contributed by atoms with Gasteiger partial charge in [-0.3, -0.25) is 0 Å². The fourth-order valence-corrected chi connectivity index (χ4v) is 1.43. The smallest absolute Gasteiger partial charge is 0.362 e. The Bertz CT molecular complexity index is 580. The van der Waals surface area contributed by atoms with E-state index in [0.717, 1.165) is 0 Å². The van der Waals surface area contributed by atoms with Gasteiger partial charge in [-0.05, 0) is 19.1 Å². The third kappa shape index (κ3) is 2.17. The van der Waals surface area contributed by atoms with E-state index in [1.807, 2.05) is 0 Å². The number of carbonyl (C=O) groups is 1. The van der Waals surface area contributed by atoms with Crippen molar-refractivity contribution in [3.63, 3.8) is 0 Å². The Morgan fingerprint density at radius 3 is 2.89 bits per heavy atom. The summed E-state index contributed by atoms with van der Waals surface area (Å²) in [4.78, 5) is 15.3. The number of carbonyl (C=O) groups excluding carboxylic acids is 1. The number of anilines is 1. The third-order valence-electron chi connectivity index (χ3n) is 2.23. The van der Waals surface area contributed by atoms with E-state index < -0.39 is 11.8 Å². The van der Waals surface area contributed by atoms with Gasteiger partial charge in [0.25, 0.3) is 0 Å². The van der Waals surface area contributed by atoms with Gasteiger partial charge >= 0.3 is 5.97 Å². The van der Waals surface area contributed by atoms with Crippen LogP contribution < -0.4 is 5.73 Å². The summed E-state index contributed by atoms with van der Waals surface area (Å²) >= 11 is 0. The summed E-state index contributed by atoms with van der Waals surface area (Å²) in [5.41, 5.74) is 5.50. The van der Waals surface area contributed by atoms with E-state index in [1.54, 1.807) is 13.0 Å².